The maximum Gasteiger partial charge on any atom is 0.169 e. The van der Waals surface area contributed by atoms with E-state index in [1.165, 1.54) is 32.6 Å². The molecule has 170 valence electrons. The Morgan fingerprint density at radius 1 is 0.556 bits per heavy atom. The number of hydrogen-bond acceptors (Lipinski definition) is 3. The highest BCUT2D eigenvalue weighted by molar-refractivity contribution is 6.29. The molecule has 6 heteroatoms. The van der Waals surface area contributed by atoms with Gasteiger partial charge in [0.2, 0.25) is 0 Å². The van der Waals surface area contributed by atoms with E-state index in [9.17, 15) is 0 Å². The second-order valence-electron chi connectivity index (χ2n) is 9.12. The molecule has 0 amide bonds. The molecule has 0 saturated heterocycles. The minimum absolute atomic E-state index is 0.787. The number of aryl methyl sites for hydroxylation is 1. The Morgan fingerprint density at radius 2 is 1.17 bits per heavy atom. The number of nitrogens with zero attached hydrogens (tertiary/aromatic N) is 6. The van der Waals surface area contributed by atoms with Gasteiger partial charge < -0.3 is 9.13 Å². The van der Waals surface area contributed by atoms with Crippen LogP contribution in [0.15, 0.2) is 104 Å². The average molecular weight is 465 g/mol. The van der Waals surface area contributed by atoms with Crippen LogP contribution in [0.3, 0.4) is 0 Å². The third-order valence-electron chi connectivity index (χ3n) is 7.18. The van der Waals surface area contributed by atoms with Gasteiger partial charge in [-0.15, -0.1) is 0 Å². The molecule has 8 rings (SSSR count). The van der Waals surface area contributed by atoms with Crippen LogP contribution in [0.1, 0.15) is 0 Å². The van der Waals surface area contributed by atoms with Gasteiger partial charge in [0, 0.05) is 34.3 Å². The minimum Gasteiger partial charge on any atom is -0.318 e. The first-order chi connectivity index (χ1) is 17.8. The van der Waals surface area contributed by atoms with Crippen molar-refractivity contribution in [3.63, 3.8) is 0 Å². The van der Waals surface area contributed by atoms with Crippen LogP contribution in [0.5, 0.6) is 0 Å². The third-order valence-corrected chi connectivity index (χ3v) is 7.18. The first-order valence-corrected chi connectivity index (χ1v) is 11.9. The highest BCUT2D eigenvalue weighted by atomic mass is 15.2. The van der Waals surface area contributed by atoms with Crippen molar-refractivity contribution in [2.75, 3.05) is 0 Å². The van der Waals surface area contributed by atoms with Crippen molar-refractivity contribution in [3.05, 3.63) is 104 Å². The Labute approximate surface area is 205 Å². The monoisotopic (exact) mass is 464 g/mol. The van der Waals surface area contributed by atoms with Crippen molar-refractivity contribution in [3.8, 4) is 11.5 Å². The molecule has 0 spiro atoms. The molecule has 0 aliphatic carbocycles. The molecule has 0 fully saturated rings. The van der Waals surface area contributed by atoms with Crippen molar-refractivity contribution >= 4 is 54.8 Å². The second kappa shape index (κ2) is 7.02. The van der Waals surface area contributed by atoms with Crippen LogP contribution in [-0.2, 0) is 7.05 Å². The summed E-state index contributed by atoms with van der Waals surface area (Å²) in [6, 6.07) is 32.2. The van der Waals surface area contributed by atoms with Crippen LogP contribution < -0.4 is 0 Å². The van der Waals surface area contributed by atoms with Crippen LogP contribution in [0, 0.1) is 0 Å². The van der Waals surface area contributed by atoms with Crippen LogP contribution >= 0.6 is 0 Å². The van der Waals surface area contributed by atoms with Crippen molar-refractivity contribution in [1.82, 2.24) is 28.7 Å². The smallest absolute Gasteiger partial charge is 0.169 e. The molecule has 6 nitrogen and oxygen atoms in total. The molecule has 0 bridgehead atoms. The summed E-state index contributed by atoms with van der Waals surface area (Å²) in [6.45, 7) is 0. The van der Waals surface area contributed by atoms with E-state index in [0.717, 1.165) is 33.7 Å². The van der Waals surface area contributed by atoms with E-state index < -0.39 is 0 Å². The van der Waals surface area contributed by atoms with Crippen LogP contribution in [0.2, 0.25) is 0 Å². The molecule has 0 atom stereocenters. The maximum absolute atomic E-state index is 4.73. The molecule has 4 aromatic heterocycles. The van der Waals surface area contributed by atoms with Gasteiger partial charge >= 0.3 is 0 Å². The molecule has 8 aromatic rings. The number of rotatable bonds is 2. The first kappa shape index (κ1) is 19.3. The normalized spacial score (nSPS) is 12.0. The minimum atomic E-state index is 0.787. The Bertz CT molecular complexity index is 2110. The van der Waals surface area contributed by atoms with Gasteiger partial charge in [0.25, 0.3) is 0 Å². The summed E-state index contributed by atoms with van der Waals surface area (Å²) < 4.78 is 6.52. The van der Waals surface area contributed by atoms with Gasteiger partial charge in [-0.25, -0.2) is 15.0 Å². The molecule has 4 aromatic carbocycles. The summed E-state index contributed by atoms with van der Waals surface area (Å²) in [5.41, 5.74) is 7.33. The molecule has 0 aliphatic rings. The number of para-hydroxylation sites is 3. The fraction of sp³-hybridized carbons (Fsp3) is 0.0333. The molecule has 36 heavy (non-hydrogen) atoms. The van der Waals surface area contributed by atoms with Crippen LogP contribution in [-0.4, -0.2) is 28.7 Å². The average Bonchev–Trinajstić information content (AvgIpc) is 3.58. The molecule has 0 unspecified atom stereocenters. The zero-order valence-corrected chi connectivity index (χ0v) is 19.5. The van der Waals surface area contributed by atoms with Gasteiger partial charge in [-0.1, -0.05) is 54.6 Å². The van der Waals surface area contributed by atoms with E-state index >= 15 is 0 Å². The highest BCUT2D eigenvalue weighted by Crippen LogP contribution is 2.42. The van der Waals surface area contributed by atoms with E-state index in [0.29, 0.717) is 0 Å². The predicted molar refractivity (Wildman–Crippen MR) is 145 cm³/mol. The molecule has 0 N–H and O–H groups in total. The fourth-order valence-corrected chi connectivity index (χ4v) is 5.70. The zero-order valence-electron chi connectivity index (χ0n) is 19.5. The lowest BCUT2D eigenvalue weighted by Gasteiger charge is -2.09. The van der Waals surface area contributed by atoms with Crippen LogP contribution in [0.4, 0.5) is 0 Å². The van der Waals surface area contributed by atoms with Crippen molar-refractivity contribution in [1.29, 1.82) is 0 Å². The van der Waals surface area contributed by atoms with Gasteiger partial charge in [-0.2, -0.15) is 0 Å². The van der Waals surface area contributed by atoms with E-state index in [4.69, 9.17) is 4.98 Å². The van der Waals surface area contributed by atoms with Gasteiger partial charge in [-0.05, 0) is 36.4 Å². The zero-order chi connectivity index (χ0) is 23.8. The molecular weight excluding hydrogens is 444 g/mol. The maximum atomic E-state index is 4.73. The van der Waals surface area contributed by atoms with Crippen molar-refractivity contribution in [2.24, 2.45) is 7.05 Å². The number of benzene rings is 4. The lowest BCUT2D eigenvalue weighted by atomic mass is 10.1. The first-order valence-electron chi connectivity index (χ1n) is 11.9. The lowest BCUT2D eigenvalue weighted by molar-refractivity contribution is 0.926. The molecular formula is C30H20N6. The number of hydrogen-bond donors (Lipinski definition) is 0. The molecule has 0 aliphatic heterocycles. The highest BCUT2D eigenvalue weighted by Gasteiger charge is 2.22. The second-order valence-corrected chi connectivity index (χ2v) is 9.12. The summed E-state index contributed by atoms with van der Waals surface area (Å²) in [4.78, 5) is 13.9. The summed E-state index contributed by atoms with van der Waals surface area (Å²) in [5.74, 6) is 0.790. The quantitative estimate of drug-likeness (QED) is 0.291. The predicted octanol–water partition coefficient (Wildman–Crippen LogP) is 6.56. The van der Waals surface area contributed by atoms with Crippen molar-refractivity contribution < 1.29 is 0 Å². The summed E-state index contributed by atoms with van der Waals surface area (Å²) in [6.07, 6.45) is 3.42. The number of fused-ring (bicyclic) bond motifs is 8. The van der Waals surface area contributed by atoms with Crippen molar-refractivity contribution in [2.45, 2.75) is 0 Å². The Balaban J connectivity index is 1.61. The Morgan fingerprint density at radius 3 is 1.89 bits per heavy atom. The molecule has 0 saturated carbocycles. The van der Waals surface area contributed by atoms with E-state index in [1.54, 1.807) is 12.7 Å². The van der Waals surface area contributed by atoms with Crippen LogP contribution in [0.25, 0.3) is 66.3 Å². The standard InChI is InChI=1S/C30H20N6/c1-34-18-33-28-29(34)31-17-32-30(28)36-23-14-8-6-12-21(23)27-25(36)16-15-24-26(27)20-11-5-7-13-22(20)35(24)19-9-3-2-4-10-19/h2-18H,1H3. The number of aromatic nitrogens is 6. The Kier molecular flexibility index (Phi) is 3.77. The molecule has 4 heterocycles. The molecule has 0 radical (unpaired) electrons. The SMILES string of the molecule is Cn1cnc2c(-n3c4ccccc4c4c5c6ccccc6n(-c6ccccc6)c5ccc43)ncnc21. The summed E-state index contributed by atoms with van der Waals surface area (Å²) in [7, 11) is 1.96. The topological polar surface area (TPSA) is 53.5 Å². The van der Waals surface area contributed by atoms with Gasteiger partial charge in [-0.3, -0.25) is 4.57 Å². The van der Waals surface area contributed by atoms with Gasteiger partial charge in [0.05, 0.1) is 28.4 Å². The lowest BCUT2D eigenvalue weighted by Crippen LogP contribution is -2.00. The fourth-order valence-electron chi connectivity index (χ4n) is 5.70. The van der Waals surface area contributed by atoms with E-state index in [2.05, 4.69) is 110 Å². The largest absolute Gasteiger partial charge is 0.318 e. The van der Waals surface area contributed by atoms with E-state index in [-0.39, 0.29) is 0 Å². The third kappa shape index (κ3) is 2.42. The Hall–Kier alpha value is -4.97. The van der Waals surface area contributed by atoms with E-state index in [1.807, 2.05) is 11.6 Å². The van der Waals surface area contributed by atoms with Gasteiger partial charge in [0.15, 0.2) is 17.0 Å². The summed E-state index contributed by atoms with van der Waals surface area (Å²) >= 11 is 0. The van der Waals surface area contributed by atoms with Gasteiger partial charge in [0.1, 0.15) is 6.33 Å². The number of imidazole rings is 1. The summed E-state index contributed by atoms with van der Waals surface area (Å²) in [5, 5.41) is 4.89.